The van der Waals surface area contributed by atoms with E-state index < -0.39 is 27.1 Å². The lowest BCUT2D eigenvalue weighted by Crippen LogP contribution is -2.17. The summed E-state index contributed by atoms with van der Waals surface area (Å²) >= 11 is 0. The van der Waals surface area contributed by atoms with Gasteiger partial charge in [0, 0.05) is 6.07 Å². The summed E-state index contributed by atoms with van der Waals surface area (Å²) in [4.78, 5) is -0.535. The monoisotopic (exact) mass is 343 g/mol. The van der Waals surface area contributed by atoms with E-state index >= 15 is 0 Å². The van der Waals surface area contributed by atoms with Gasteiger partial charge in [-0.15, -0.1) is 13.2 Å². The van der Waals surface area contributed by atoms with Crippen LogP contribution in [0.4, 0.5) is 13.2 Å². The Labute approximate surface area is 129 Å². The highest BCUT2D eigenvalue weighted by Crippen LogP contribution is 2.27. The predicted octanol–water partition coefficient (Wildman–Crippen LogP) is 3.22. The van der Waals surface area contributed by atoms with Gasteiger partial charge >= 0.3 is 16.5 Å². The second kappa shape index (κ2) is 6.18. The van der Waals surface area contributed by atoms with E-state index in [0.717, 1.165) is 18.2 Å². The van der Waals surface area contributed by atoms with E-state index in [1.165, 1.54) is 24.3 Å². The number of ether oxygens (including phenoxy) is 1. The number of para-hydroxylation sites is 1. The lowest BCUT2D eigenvalue weighted by molar-refractivity contribution is -0.274. The molecule has 0 N–H and O–H groups in total. The van der Waals surface area contributed by atoms with Crippen molar-refractivity contribution < 1.29 is 30.5 Å². The second-order valence-corrected chi connectivity index (χ2v) is 5.71. The molecule has 2 aromatic rings. The van der Waals surface area contributed by atoms with Crippen molar-refractivity contribution in [2.24, 2.45) is 0 Å². The molecule has 0 aliphatic heterocycles. The quantitative estimate of drug-likeness (QED) is 0.797. The number of hydrogen-bond donors (Lipinski definition) is 0. The molecule has 0 amide bonds. The number of halogens is 3. The Hall–Kier alpha value is -2.73. The van der Waals surface area contributed by atoms with Gasteiger partial charge in [0.2, 0.25) is 0 Å². The number of hydrogen-bond acceptors (Lipinski definition) is 5. The van der Waals surface area contributed by atoms with Crippen LogP contribution >= 0.6 is 0 Å². The van der Waals surface area contributed by atoms with Crippen LogP contribution in [0.3, 0.4) is 0 Å². The standard InChI is InChI=1S/C14H8F3NO4S/c15-14(16,17)21-11-5-3-6-12(8-11)23(19,20)22-13-7-2-1-4-10(13)9-18/h1-8H. The van der Waals surface area contributed by atoms with Crippen molar-refractivity contribution in [3.8, 4) is 17.6 Å². The van der Waals surface area contributed by atoms with Crippen molar-refractivity contribution >= 4 is 10.1 Å². The fourth-order valence-corrected chi connectivity index (χ4v) is 2.61. The van der Waals surface area contributed by atoms with Gasteiger partial charge in [-0.2, -0.15) is 13.7 Å². The van der Waals surface area contributed by atoms with Crippen LogP contribution < -0.4 is 8.92 Å². The minimum absolute atomic E-state index is 0.0289. The molecule has 0 saturated heterocycles. The highest BCUT2D eigenvalue weighted by atomic mass is 32.2. The fraction of sp³-hybridized carbons (Fsp3) is 0.0714. The Morgan fingerprint density at radius 2 is 1.74 bits per heavy atom. The van der Waals surface area contributed by atoms with Crippen LogP contribution in [-0.4, -0.2) is 14.8 Å². The van der Waals surface area contributed by atoms with Crippen molar-refractivity contribution in [3.05, 3.63) is 54.1 Å². The average Bonchev–Trinajstić information content (AvgIpc) is 2.46. The Kier molecular flexibility index (Phi) is 4.47. The molecule has 0 aliphatic rings. The molecule has 0 aromatic heterocycles. The zero-order valence-corrected chi connectivity index (χ0v) is 12.1. The minimum atomic E-state index is -4.95. The van der Waals surface area contributed by atoms with E-state index in [-0.39, 0.29) is 11.3 Å². The molecule has 0 spiro atoms. The van der Waals surface area contributed by atoms with Crippen molar-refractivity contribution in [3.63, 3.8) is 0 Å². The molecule has 0 radical (unpaired) electrons. The number of alkyl halides is 3. The molecule has 0 atom stereocenters. The molecule has 0 bridgehead atoms. The van der Waals surface area contributed by atoms with Crippen LogP contribution in [0.1, 0.15) is 5.56 Å². The average molecular weight is 343 g/mol. The summed E-state index contributed by atoms with van der Waals surface area (Å²) in [5.74, 6) is -0.923. The molecule has 2 rings (SSSR count). The summed E-state index contributed by atoms with van der Waals surface area (Å²) in [5, 5.41) is 8.89. The van der Waals surface area contributed by atoms with Crippen LogP contribution in [0.5, 0.6) is 11.5 Å². The van der Waals surface area contributed by atoms with Gasteiger partial charge in [0.1, 0.15) is 16.7 Å². The first-order valence-corrected chi connectivity index (χ1v) is 7.41. The van der Waals surface area contributed by atoms with Crippen LogP contribution in [0.2, 0.25) is 0 Å². The van der Waals surface area contributed by atoms with Gasteiger partial charge in [0.05, 0.1) is 5.56 Å². The molecular weight excluding hydrogens is 335 g/mol. The summed E-state index contributed by atoms with van der Waals surface area (Å²) in [7, 11) is -4.42. The molecule has 0 aliphatic carbocycles. The molecule has 9 heteroatoms. The summed E-state index contributed by atoms with van der Waals surface area (Å²) < 4.78 is 69.2. The Morgan fingerprint density at radius 3 is 2.39 bits per heavy atom. The smallest absolute Gasteiger partial charge is 0.406 e. The van der Waals surface area contributed by atoms with E-state index in [1.807, 2.05) is 0 Å². The summed E-state index contributed by atoms with van der Waals surface area (Å²) in [6.45, 7) is 0. The summed E-state index contributed by atoms with van der Waals surface area (Å²) in [6.07, 6.45) is -4.95. The molecule has 5 nitrogen and oxygen atoms in total. The third-order valence-corrected chi connectivity index (χ3v) is 3.77. The Bertz CT molecular complexity index is 857. The molecule has 0 unspecified atom stereocenters. The normalized spacial score (nSPS) is 11.6. The van der Waals surface area contributed by atoms with Gasteiger partial charge in [-0.3, -0.25) is 0 Å². The van der Waals surface area contributed by atoms with Crippen LogP contribution in [0.15, 0.2) is 53.4 Å². The molecule has 0 saturated carbocycles. The van der Waals surface area contributed by atoms with Crippen molar-refractivity contribution in [1.82, 2.24) is 0 Å². The van der Waals surface area contributed by atoms with E-state index in [0.29, 0.717) is 6.07 Å². The molecule has 2 aromatic carbocycles. The van der Waals surface area contributed by atoms with E-state index in [1.54, 1.807) is 6.07 Å². The number of nitriles is 1. The van der Waals surface area contributed by atoms with Crippen LogP contribution in [-0.2, 0) is 10.1 Å². The molecular formula is C14H8F3NO4S. The fourth-order valence-electron chi connectivity index (χ4n) is 1.62. The van der Waals surface area contributed by atoms with Gasteiger partial charge < -0.3 is 8.92 Å². The van der Waals surface area contributed by atoms with Crippen molar-refractivity contribution in [2.75, 3.05) is 0 Å². The van der Waals surface area contributed by atoms with Crippen molar-refractivity contribution in [2.45, 2.75) is 11.3 Å². The van der Waals surface area contributed by atoms with Crippen LogP contribution in [0.25, 0.3) is 0 Å². The first-order valence-electron chi connectivity index (χ1n) is 6.01. The van der Waals surface area contributed by atoms with Gasteiger partial charge in [0.25, 0.3) is 0 Å². The second-order valence-electron chi connectivity index (χ2n) is 4.17. The Morgan fingerprint density at radius 1 is 1.04 bits per heavy atom. The predicted molar refractivity (Wildman–Crippen MR) is 72.1 cm³/mol. The molecule has 120 valence electrons. The lowest BCUT2D eigenvalue weighted by atomic mass is 10.2. The summed E-state index contributed by atoms with van der Waals surface area (Å²) in [6, 6.07) is 11.1. The van der Waals surface area contributed by atoms with Gasteiger partial charge in [0.15, 0.2) is 5.75 Å². The first kappa shape index (κ1) is 16.6. The molecule has 0 heterocycles. The lowest BCUT2D eigenvalue weighted by Gasteiger charge is -2.11. The minimum Gasteiger partial charge on any atom is -0.406 e. The molecule has 23 heavy (non-hydrogen) atoms. The largest absolute Gasteiger partial charge is 0.573 e. The van der Waals surface area contributed by atoms with Crippen molar-refractivity contribution in [1.29, 1.82) is 5.26 Å². The van der Waals surface area contributed by atoms with Gasteiger partial charge in [-0.05, 0) is 24.3 Å². The maximum absolute atomic E-state index is 12.2. The maximum Gasteiger partial charge on any atom is 0.573 e. The highest BCUT2D eigenvalue weighted by molar-refractivity contribution is 7.87. The summed E-state index contributed by atoms with van der Waals surface area (Å²) in [5.41, 5.74) is -0.0289. The maximum atomic E-state index is 12.2. The van der Waals surface area contributed by atoms with E-state index in [4.69, 9.17) is 9.44 Å². The van der Waals surface area contributed by atoms with Gasteiger partial charge in [-0.1, -0.05) is 18.2 Å². The third-order valence-electron chi connectivity index (χ3n) is 2.53. The SMILES string of the molecule is N#Cc1ccccc1OS(=O)(=O)c1cccc(OC(F)(F)F)c1. The Balaban J connectivity index is 2.33. The number of nitrogens with zero attached hydrogens (tertiary/aromatic N) is 1. The van der Waals surface area contributed by atoms with E-state index in [9.17, 15) is 21.6 Å². The third kappa shape index (κ3) is 4.37. The number of benzene rings is 2. The topological polar surface area (TPSA) is 76.4 Å². The zero-order chi connectivity index (χ0) is 17.1. The van der Waals surface area contributed by atoms with E-state index in [2.05, 4.69) is 4.74 Å². The zero-order valence-electron chi connectivity index (χ0n) is 11.2. The van der Waals surface area contributed by atoms with Gasteiger partial charge in [-0.25, -0.2) is 0 Å². The molecule has 0 fully saturated rings. The first-order chi connectivity index (χ1) is 10.7. The van der Waals surface area contributed by atoms with Crippen LogP contribution in [0, 0.1) is 11.3 Å². The number of rotatable bonds is 4. The highest BCUT2D eigenvalue weighted by Gasteiger charge is 2.31.